The third kappa shape index (κ3) is 17.4. The molecule has 1 N–H and O–H groups in total. The van der Waals surface area contributed by atoms with Crippen LogP contribution in [0.2, 0.25) is 0 Å². The third-order valence-corrected chi connectivity index (χ3v) is 3.49. The highest BCUT2D eigenvalue weighted by Gasteiger charge is 2.03. The van der Waals surface area contributed by atoms with Crippen molar-refractivity contribution in [1.29, 1.82) is 5.41 Å². The molecule has 0 aromatic heterocycles. The molecule has 5 nitrogen and oxygen atoms in total. The van der Waals surface area contributed by atoms with E-state index in [-0.39, 0.29) is 0 Å². The molecule has 5 heteroatoms. The molecule has 23 heavy (non-hydrogen) atoms. The molecule has 0 aliphatic heterocycles. The van der Waals surface area contributed by atoms with E-state index in [0.717, 1.165) is 25.7 Å². The van der Waals surface area contributed by atoms with Crippen molar-refractivity contribution in [2.24, 2.45) is 0 Å². The van der Waals surface area contributed by atoms with E-state index in [1.165, 1.54) is 0 Å². The predicted octanol–water partition coefficient (Wildman–Crippen LogP) is 3.79. The van der Waals surface area contributed by atoms with E-state index in [9.17, 15) is 4.79 Å². The number of nitrogens with one attached hydrogen (secondary N) is 1. The zero-order chi connectivity index (χ0) is 17.2. The molecule has 0 saturated carbocycles. The summed E-state index contributed by atoms with van der Waals surface area (Å²) in [5.41, 5.74) is 0.670. The van der Waals surface area contributed by atoms with Crippen LogP contribution in [0, 0.1) is 5.41 Å². The Bertz CT molecular complexity index is 295. The molecule has 0 bridgehead atoms. The largest absolute Gasteiger partial charge is 0.379 e. The number of unbranched alkanes of at least 4 members (excludes halogenated alkanes) is 2. The van der Waals surface area contributed by atoms with Gasteiger partial charge in [0.15, 0.2) is 0 Å². The van der Waals surface area contributed by atoms with Gasteiger partial charge in [0.25, 0.3) is 0 Å². The van der Waals surface area contributed by atoms with Crippen LogP contribution in [0.4, 0.5) is 0 Å². The van der Waals surface area contributed by atoms with Crippen LogP contribution in [0.15, 0.2) is 0 Å². The van der Waals surface area contributed by atoms with Crippen molar-refractivity contribution in [3.63, 3.8) is 0 Å². The van der Waals surface area contributed by atoms with Crippen LogP contribution in [-0.2, 0) is 19.0 Å². The van der Waals surface area contributed by atoms with Crippen molar-refractivity contribution >= 4 is 11.5 Å². The number of ether oxygens (including phenoxy) is 3. The summed E-state index contributed by atoms with van der Waals surface area (Å²) in [7, 11) is 0. The van der Waals surface area contributed by atoms with E-state index in [2.05, 4.69) is 6.92 Å². The lowest BCUT2D eigenvalue weighted by Gasteiger charge is -2.07. The molecule has 0 aliphatic carbocycles. The summed E-state index contributed by atoms with van der Waals surface area (Å²) in [6.07, 6.45) is 6.74. The van der Waals surface area contributed by atoms with Gasteiger partial charge in [0.05, 0.1) is 33.0 Å². The quantitative estimate of drug-likeness (QED) is 0.307. The lowest BCUT2D eigenvalue weighted by Crippen LogP contribution is -2.11. The lowest BCUT2D eigenvalue weighted by atomic mass is 10.0. The predicted molar refractivity (Wildman–Crippen MR) is 93.5 cm³/mol. The SMILES string of the molecule is CCCCCC(=O)CCCC(=N)CCOCCOCCOCC. The molecule has 0 radical (unpaired) electrons. The summed E-state index contributed by atoms with van der Waals surface area (Å²) in [5.74, 6) is 0.340. The minimum Gasteiger partial charge on any atom is -0.379 e. The summed E-state index contributed by atoms with van der Waals surface area (Å²) < 4.78 is 15.9. The van der Waals surface area contributed by atoms with Gasteiger partial charge in [-0.05, 0) is 26.2 Å². The van der Waals surface area contributed by atoms with Crippen molar-refractivity contribution in [3.8, 4) is 0 Å². The molecule has 0 rings (SSSR count). The molecule has 0 amide bonds. The van der Waals surface area contributed by atoms with E-state index < -0.39 is 0 Å². The van der Waals surface area contributed by atoms with Crippen molar-refractivity contribution in [2.45, 2.75) is 65.2 Å². The number of rotatable bonds is 18. The van der Waals surface area contributed by atoms with Crippen LogP contribution < -0.4 is 0 Å². The minimum atomic E-state index is 0.340. The van der Waals surface area contributed by atoms with Gasteiger partial charge in [-0.2, -0.15) is 0 Å². The standard InChI is InChI=1S/C18H35NO4/c1-3-5-6-9-18(20)10-7-8-17(19)11-12-22-15-16-23-14-13-21-4-2/h19H,3-16H2,1-2H3. The molecule has 0 fully saturated rings. The molecular weight excluding hydrogens is 294 g/mol. The Morgan fingerprint density at radius 3 is 2.00 bits per heavy atom. The maximum atomic E-state index is 11.6. The summed E-state index contributed by atoms with van der Waals surface area (Å²) in [5, 5.41) is 7.85. The maximum Gasteiger partial charge on any atom is 0.132 e. The Morgan fingerprint density at radius 1 is 0.739 bits per heavy atom. The maximum absolute atomic E-state index is 11.6. The topological polar surface area (TPSA) is 68.6 Å². The fourth-order valence-corrected chi connectivity index (χ4v) is 2.10. The van der Waals surface area contributed by atoms with Crippen LogP contribution in [0.25, 0.3) is 0 Å². The number of carbonyl (C=O) groups excluding carboxylic acids is 1. The van der Waals surface area contributed by atoms with Crippen LogP contribution in [0.5, 0.6) is 0 Å². The number of hydrogen-bond donors (Lipinski definition) is 1. The van der Waals surface area contributed by atoms with Gasteiger partial charge < -0.3 is 19.6 Å². The van der Waals surface area contributed by atoms with Gasteiger partial charge in [-0.3, -0.25) is 4.79 Å². The number of Topliss-reactive ketones (excluding diaryl/α,β-unsaturated/α-hetero) is 1. The normalized spacial score (nSPS) is 10.9. The average Bonchev–Trinajstić information content (AvgIpc) is 2.53. The molecule has 136 valence electrons. The Morgan fingerprint density at radius 2 is 1.35 bits per heavy atom. The molecule has 0 aromatic rings. The van der Waals surface area contributed by atoms with E-state index in [0.29, 0.717) is 76.8 Å². The van der Waals surface area contributed by atoms with Crippen LogP contribution in [0.3, 0.4) is 0 Å². The van der Waals surface area contributed by atoms with Crippen molar-refractivity contribution < 1.29 is 19.0 Å². The van der Waals surface area contributed by atoms with Crippen LogP contribution in [0.1, 0.15) is 65.2 Å². The Balaban J connectivity index is 3.29. The smallest absolute Gasteiger partial charge is 0.132 e. The molecule has 0 heterocycles. The second kappa shape index (κ2) is 17.6. The first kappa shape index (κ1) is 22.2. The van der Waals surface area contributed by atoms with E-state index >= 15 is 0 Å². The minimum absolute atomic E-state index is 0.340. The lowest BCUT2D eigenvalue weighted by molar-refractivity contribution is -0.119. The Kier molecular flexibility index (Phi) is 17.0. The molecule has 0 spiro atoms. The number of ketones is 1. The van der Waals surface area contributed by atoms with Crippen molar-refractivity contribution in [3.05, 3.63) is 0 Å². The van der Waals surface area contributed by atoms with Gasteiger partial charge in [-0.15, -0.1) is 0 Å². The first-order valence-electron chi connectivity index (χ1n) is 9.01. The fraction of sp³-hybridized carbons (Fsp3) is 0.889. The second-order valence-corrected chi connectivity index (χ2v) is 5.62. The molecule has 0 unspecified atom stereocenters. The van der Waals surface area contributed by atoms with Gasteiger partial charge in [-0.1, -0.05) is 19.8 Å². The number of carbonyl (C=O) groups is 1. The second-order valence-electron chi connectivity index (χ2n) is 5.62. The monoisotopic (exact) mass is 329 g/mol. The fourth-order valence-electron chi connectivity index (χ4n) is 2.10. The highest BCUT2D eigenvalue weighted by Crippen LogP contribution is 2.06. The molecule has 0 aromatic carbocycles. The average molecular weight is 329 g/mol. The zero-order valence-electron chi connectivity index (χ0n) is 15.0. The number of hydrogen-bond acceptors (Lipinski definition) is 5. The highest BCUT2D eigenvalue weighted by atomic mass is 16.5. The van der Waals surface area contributed by atoms with Crippen LogP contribution in [-0.4, -0.2) is 51.1 Å². The molecular formula is C18H35NO4. The van der Waals surface area contributed by atoms with Gasteiger partial charge in [-0.25, -0.2) is 0 Å². The van der Waals surface area contributed by atoms with Crippen LogP contribution >= 0.6 is 0 Å². The summed E-state index contributed by atoms with van der Waals surface area (Å²) >= 11 is 0. The first-order valence-corrected chi connectivity index (χ1v) is 9.01. The van der Waals surface area contributed by atoms with E-state index in [4.69, 9.17) is 19.6 Å². The van der Waals surface area contributed by atoms with Gasteiger partial charge in [0, 0.05) is 31.6 Å². The van der Waals surface area contributed by atoms with Crippen molar-refractivity contribution in [2.75, 3.05) is 39.6 Å². The van der Waals surface area contributed by atoms with Gasteiger partial charge in [0.1, 0.15) is 5.78 Å². The molecule has 0 saturated heterocycles. The van der Waals surface area contributed by atoms with E-state index in [1.807, 2.05) is 6.92 Å². The highest BCUT2D eigenvalue weighted by molar-refractivity contribution is 5.83. The first-order chi connectivity index (χ1) is 11.2. The summed E-state index contributed by atoms with van der Waals surface area (Å²) in [4.78, 5) is 11.6. The Hall–Kier alpha value is -0.780. The third-order valence-electron chi connectivity index (χ3n) is 3.49. The molecule has 0 atom stereocenters. The zero-order valence-corrected chi connectivity index (χ0v) is 15.0. The molecule has 0 aliphatic rings. The van der Waals surface area contributed by atoms with Crippen molar-refractivity contribution in [1.82, 2.24) is 0 Å². The summed E-state index contributed by atoms with van der Waals surface area (Å²) in [6.45, 7) is 7.70. The Labute approximate surface area is 141 Å². The van der Waals surface area contributed by atoms with Gasteiger partial charge >= 0.3 is 0 Å². The van der Waals surface area contributed by atoms with Gasteiger partial charge in [0.2, 0.25) is 0 Å². The van der Waals surface area contributed by atoms with E-state index in [1.54, 1.807) is 0 Å². The summed E-state index contributed by atoms with van der Waals surface area (Å²) in [6, 6.07) is 0.